The fourth-order valence-corrected chi connectivity index (χ4v) is 1.90. The highest BCUT2D eigenvalue weighted by Crippen LogP contribution is 2.35. The molecule has 0 saturated carbocycles. The van der Waals surface area contributed by atoms with E-state index in [1.54, 1.807) is 24.3 Å². The molecular weight excluding hydrogens is 347 g/mol. The van der Waals surface area contributed by atoms with Gasteiger partial charge in [0.25, 0.3) is 0 Å². The molecule has 0 aliphatic carbocycles. The molecule has 0 atom stereocenters. The van der Waals surface area contributed by atoms with Crippen molar-refractivity contribution in [2.45, 2.75) is 12.1 Å². The lowest BCUT2D eigenvalue weighted by Crippen LogP contribution is -2.41. The summed E-state index contributed by atoms with van der Waals surface area (Å²) in [6, 6.07) is 10.3. The standard InChI is InChI=1S/C17H13F5O3/c1-2-11-3-4-13-8-14(6-5-12(13)7-11)24-9-15(23)25-10-16(18,19)17(20,21)22/h2-8H,1,9-10H2. The number of benzene rings is 2. The average molecular weight is 360 g/mol. The lowest BCUT2D eigenvalue weighted by molar-refractivity contribution is -0.294. The zero-order valence-corrected chi connectivity index (χ0v) is 12.8. The second-order valence-corrected chi connectivity index (χ2v) is 5.12. The van der Waals surface area contributed by atoms with Crippen LogP contribution < -0.4 is 4.74 Å². The van der Waals surface area contributed by atoms with Crippen molar-refractivity contribution in [2.24, 2.45) is 0 Å². The Hall–Kier alpha value is -2.64. The van der Waals surface area contributed by atoms with Crippen molar-refractivity contribution in [1.29, 1.82) is 0 Å². The Labute approximate surface area is 139 Å². The van der Waals surface area contributed by atoms with Crippen molar-refractivity contribution in [3.05, 3.63) is 48.5 Å². The van der Waals surface area contributed by atoms with Crippen molar-refractivity contribution in [1.82, 2.24) is 0 Å². The summed E-state index contributed by atoms with van der Waals surface area (Å²) in [5.74, 6) is -6.18. The maximum absolute atomic E-state index is 12.6. The first-order chi connectivity index (χ1) is 11.6. The van der Waals surface area contributed by atoms with Crippen molar-refractivity contribution in [3.63, 3.8) is 0 Å². The van der Waals surface area contributed by atoms with E-state index in [2.05, 4.69) is 11.3 Å². The van der Waals surface area contributed by atoms with E-state index in [1.165, 1.54) is 6.07 Å². The summed E-state index contributed by atoms with van der Waals surface area (Å²) in [6.07, 6.45) is -4.10. The average Bonchev–Trinajstić information content (AvgIpc) is 2.56. The van der Waals surface area contributed by atoms with Crippen LogP contribution in [0.1, 0.15) is 5.56 Å². The Morgan fingerprint density at radius 1 is 1.04 bits per heavy atom. The molecule has 0 radical (unpaired) electrons. The van der Waals surface area contributed by atoms with Crippen molar-refractivity contribution >= 4 is 22.8 Å². The number of halogens is 5. The molecule has 0 aliphatic heterocycles. The highest BCUT2D eigenvalue weighted by atomic mass is 19.4. The van der Waals surface area contributed by atoms with Gasteiger partial charge < -0.3 is 9.47 Å². The van der Waals surface area contributed by atoms with Crippen LogP contribution in [0.4, 0.5) is 22.0 Å². The fraction of sp³-hybridized carbons (Fsp3) is 0.235. The molecule has 0 fully saturated rings. The number of ether oxygens (including phenoxy) is 2. The van der Waals surface area contributed by atoms with Gasteiger partial charge in [0.15, 0.2) is 13.2 Å². The number of esters is 1. The van der Waals surface area contributed by atoms with Crippen LogP contribution in [0.3, 0.4) is 0 Å². The van der Waals surface area contributed by atoms with Crippen molar-refractivity contribution < 1.29 is 36.2 Å². The zero-order chi connectivity index (χ0) is 18.7. The summed E-state index contributed by atoms with van der Waals surface area (Å²) < 4.78 is 70.1. The van der Waals surface area contributed by atoms with Crippen LogP contribution >= 0.6 is 0 Å². The first kappa shape index (κ1) is 18.7. The summed E-state index contributed by atoms with van der Waals surface area (Å²) in [5.41, 5.74) is 0.912. The van der Waals surface area contributed by atoms with Gasteiger partial charge in [0.1, 0.15) is 5.75 Å². The molecule has 0 saturated heterocycles. The predicted molar refractivity (Wildman–Crippen MR) is 81.5 cm³/mol. The zero-order valence-electron chi connectivity index (χ0n) is 12.8. The molecule has 0 spiro atoms. The predicted octanol–water partition coefficient (Wildman–Crippen LogP) is 4.60. The molecule has 25 heavy (non-hydrogen) atoms. The fourth-order valence-electron chi connectivity index (χ4n) is 1.90. The molecule has 0 heterocycles. The Morgan fingerprint density at radius 2 is 1.68 bits per heavy atom. The minimum atomic E-state index is -5.78. The maximum Gasteiger partial charge on any atom is 0.456 e. The second kappa shape index (κ2) is 7.08. The van der Waals surface area contributed by atoms with E-state index >= 15 is 0 Å². The third-order valence-electron chi connectivity index (χ3n) is 3.26. The van der Waals surface area contributed by atoms with Gasteiger partial charge in [0.2, 0.25) is 0 Å². The molecule has 2 aromatic carbocycles. The van der Waals surface area contributed by atoms with Gasteiger partial charge in [-0.2, -0.15) is 22.0 Å². The van der Waals surface area contributed by atoms with Crippen LogP contribution in [0.5, 0.6) is 5.75 Å². The van der Waals surface area contributed by atoms with E-state index in [0.717, 1.165) is 16.3 Å². The number of hydrogen-bond acceptors (Lipinski definition) is 3. The quantitative estimate of drug-likeness (QED) is 0.558. The Bertz CT molecular complexity index is 783. The minimum Gasteiger partial charge on any atom is -0.482 e. The van der Waals surface area contributed by atoms with Crippen LogP contribution in [0.15, 0.2) is 43.0 Å². The summed E-state index contributed by atoms with van der Waals surface area (Å²) >= 11 is 0. The van der Waals surface area contributed by atoms with Crippen LogP contribution in [0.2, 0.25) is 0 Å². The SMILES string of the molecule is C=Cc1ccc2cc(OCC(=O)OCC(F)(F)C(F)(F)F)ccc2c1. The number of fused-ring (bicyclic) bond motifs is 1. The molecule has 2 aromatic rings. The normalized spacial score (nSPS) is 12.0. The second-order valence-electron chi connectivity index (χ2n) is 5.12. The summed E-state index contributed by atoms with van der Waals surface area (Å²) in [4.78, 5) is 11.3. The van der Waals surface area contributed by atoms with Crippen LogP contribution in [-0.2, 0) is 9.53 Å². The molecule has 0 unspecified atom stereocenters. The first-order valence-electron chi connectivity index (χ1n) is 7.01. The molecule has 0 amide bonds. The van der Waals surface area contributed by atoms with Crippen LogP contribution in [0.25, 0.3) is 16.8 Å². The van der Waals surface area contributed by atoms with E-state index in [9.17, 15) is 26.7 Å². The molecule has 8 heteroatoms. The number of hydrogen-bond donors (Lipinski definition) is 0. The monoisotopic (exact) mass is 360 g/mol. The lowest BCUT2D eigenvalue weighted by atomic mass is 10.1. The van der Waals surface area contributed by atoms with Gasteiger partial charge in [-0.25, -0.2) is 4.79 Å². The van der Waals surface area contributed by atoms with E-state index in [-0.39, 0.29) is 5.75 Å². The largest absolute Gasteiger partial charge is 0.482 e. The topological polar surface area (TPSA) is 35.5 Å². The van der Waals surface area contributed by atoms with Gasteiger partial charge in [-0.1, -0.05) is 30.9 Å². The van der Waals surface area contributed by atoms with Gasteiger partial charge in [-0.3, -0.25) is 0 Å². The third-order valence-corrected chi connectivity index (χ3v) is 3.26. The van der Waals surface area contributed by atoms with Crippen LogP contribution in [0, 0.1) is 0 Å². The van der Waals surface area contributed by atoms with Crippen LogP contribution in [-0.4, -0.2) is 31.3 Å². The Kier molecular flexibility index (Phi) is 5.30. The van der Waals surface area contributed by atoms with Gasteiger partial charge in [0, 0.05) is 0 Å². The van der Waals surface area contributed by atoms with E-state index in [4.69, 9.17) is 4.74 Å². The number of carbonyl (C=O) groups excluding carboxylic acids is 1. The number of alkyl halides is 5. The van der Waals surface area contributed by atoms with Gasteiger partial charge in [0.05, 0.1) is 0 Å². The molecular formula is C17H13F5O3. The number of carbonyl (C=O) groups is 1. The smallest absolute Gasteiger partial charge is 0.456 e. The molecule has 2 rings (SSSR count). The molecule has 3 nitrogen and oxygen atoms in total. The Balaban J connectivity index is 1.93. The minimum absolute atomic E-state index is 0.249. The highest BCUT2D eigenvalue weighted by molar-refractivity contribution is 5.86. The van der Waals surface area contributed by atoms with E-state index < -0.39 is 31.3 Å². The molecule has 134 valence electrons. The van der Waals surface area contributed by atoms with Gasteiger partial charge in [-0.05, 0) is 34.5 Å². The summed E-state index contributed by atoms with van der Waals surface area (Å²) in [6.45, 7) is 0.784. The molecule has 0 bridgehead atoms. The molecule has 0 aromatic heterocycles. The van der Waals surface area contributed by atoms with E-state index in [0.29, 0.717) is 0 Å². The van der Waals surface area contributed by atoms with E-state index in [1.807, 2.05) is 12.1 Å². The molecule has 0 aliphatic rings. The third kappa shape index (κ3) is 4.68. The summed E-state index contributed by atoms with van der Waals surface area (Å²) in [7, 11) is 0. The van der Waals surface area contributed by atoms with Gasteiger partial charge in [-0.15, -0.1) is 0 Å². The first-order valence-corrected chi connectivity index (χ1v) is 7.01. The number of rotatable bonds is 6. The van der Waals surface area contributed by atoms with Crippen molar-refractivity contribution in [3.8, 4) is 5.75 Å². The maximum atomic E-state index is 12.6. The van der Waals surface area contributed by atoms with Crippen molar-refractivity contribution in [2.75, 3.05) is 13.2 Å². The van der Waals surface area contributed by atoms with Gasteiger partial charge >= 0.3 is 18.1 Å². The highest BCUT2D eigenvalue weighted by Gasteiger charge is 2.58. The Morgan fingerprint density at radius 3 is 2.32 bits per heavy atom. The summed E-state index contributed by atoms with van der Waals surface area (Å²) in [5, 5.41) is 1.68. The lowest BCUT2D eigenvalue weighted by Gasteiger charge is -2.19. The molecule has 0 N–H and O–H groups in total.